The quantitative estimate of drug-likeness (QED) is 0.285. The van der Waals surface area contributed by atoms with Crippen LogP contribution in [0.5, 0.6) is 5.75 Å². The number of nitrogens with zero attached hydrogens (tertiary/aromatic N) is 3. The highest BCUT2D eigenvalue weighted by Crippen LogP contribution is 2.52. The molecule has 3 aliphatic rings. The molecule has 3 atom stereocenters. The normalized spacial score (nSPS) is 24.9. The molecule has 2 aromatic heterocycles. The monoisotopic (exact) mass is 627 g/mol. The molecule has 6 rings (SSSR count). The van der Waals surface area contributed by atoms with Gasteiger partial charge in [-0.3, -0.25) is 4.79 Å². The molecule has 1 aliphatic carbocycles. The number of hydrogen-bond acceptors (Lipinski definition) is 12. The van der Waals surface area contributed by atoms with Crippen molar-refractivity contribution >= 4 is 22.3 Å². The summed E-state index contributed by atoms with van der Waals surface area (Å²) in [6.07, 6.45) is 3.70. The van der Waals surface area contributed by atoms with Crippen molar-refractivity contribution in [3.63, 3.8) is 0 Å². The molecule has 0 bridgehead atoms. The van der Waals surface area contributed by atoms with Crippen LogP contribution in [0.15, 0.2) is 41.1 Å². The van der Waals surface area contributed by atoms with Crippen molar-refractivity contribution in [3.05, 3.63) is 53.4 Å². The van der Waals surface area contributed by atoms with E-state index in [9.17, 15) is 15.0 Å². The summed E-state index contributed by atoms with van der Waals surface area (Å²) in [5, 5.41) is 24.6. The van der Waals surface area contributed by atoms with Crippen LogP contribution in [0.1, 0.15) is 68.1 Å². The summed E-state index contributed by atoms with van der Waals surface area (Å²) in [6, 6.07) is 7.67. The van der Waals surface area contributed by atoms with E-state index in [1.165, 1.54) is 17.6 Å². The van der Waals surface area contributed by atoms with E-state index < -0.39 is 18.7 Å². The van der Waals surface area contributed by atoms with E-state index in [1.54, 1.807) is 25.1 Å². The standard InChI is InChI=1S/C32H41N3O8S/c1-4-41-26(36)17-20-15-21(16-20)35-30(37)27-19(2)28(29-33-11-14-42-29)44-31(27)34(32(35)38)18-25(43-22-9-12-40-13-10-22)23-7-5-6-8-24(23)39-3/h5-8,11,14,20-22,25,30,32,37-38H,4,9-10,12-13,15-18H2,1-3H3/t20?,21?,25-,30+,32-/m1/s1. The molecule has 1 aromatic carbocycles. The van der Waals surface area contributed by atoms with Crippen LogP contribution in [0.4, 0.5) is 5.00 Å². The topological polar surface area (TPSA) is 127 Å². The fraction of sp³-hybridized carbons (Fsp3) is 0.562. The maximum absolute atomic E-state index is 12.1. The number of aliphatic hydroxyl groups excluding tert-OH is 2. The van der Waals surface area contributed by atoms with Gasteiger partial charge < -0.3 is 38.5 Å². The Morgan fingerprint density at radius 3 is 2.68 bits per heavy atom. The Morgan fingerprint density at radius 2 is 1.98 bits per heavy atom. The summed E-state index contributed by atoms with van der Waals surface area (Å²) in [6.45, 7) is 5.68. The van der Waals surface area contributed by atoms with Gasteiger partial charge in [0.2, 0.25) is 5.89 Å². The van der Waals surface area contributed by atoms with Crippen LogP contribution >= 0.6 is 11.3 Å². The molecule has 44 heavy (non-hydrogen) atoms. The number of hydrogen-bond donors (Lipinski definition) is 2. The number of aliphatic hydroxyl groups is 2. The van der Waals surface area contributed by atoms with E-state index in [0.29, 0.717) is 62.8 Å². The number of aromatic nitrogens is 1. The first kappa shape index (κ1) is 31.0. The zero-order chi connectivity index (χ0) is 30.8. The number of methoxy groups -OCH3 is 1. The molecule has 0 spiro atoms. The van der Waals surface area contributed by atoms with Gasteiger partial charge in [0.05, 0.1) is 37.4 Å². The summed E-state index contributed by atoms with van der Waals surface area (Å²) in [5.41, 5.74) is 2.45. The van der Waals surface area contributed by atoms with Crippen molar-refractivity contribution in [2.24, 2.45) is 5.92 Å². The zero-order valence-electron chi connectivity index (χ0n) is 25.4. The third-order valence-corrected chi connectivity index (χ3v) is 10.2. The smallest absolute Gasteiger partial charge is 0.306 e. The van der Waals surface area contributed by atoms with Gasteiger partial charge in [-0.1, -0.05) is 18.2 Å². The molecule has 4 heterocycles. The Hall–Kier alpha value is -3.00. The lowest BCUT2D eigenvalue weighted by atomic mass is 9.77. The van der Waals surface area contributed by atoms with Gasteiger partial charge in [-0.15, -0.1) is 11.3 Å². The Bertz CT molecular complexity index is 1400. The van der Waals surface area contributed by atoms with Gasteiger partial charge in [0.15, 0.2) is 6.35 Å². The third-order valence-electron chi connectivity index (χ3n) is 8.91. The van der Waals surface area contributed by atoms with E-state index in [0.717, 1.165) is 33.8 Å². The summed E-state index contributed by atoms with van der Waals surface area (Å²) in [7, 11) is 1.64. The van der Waals surface area contributed by atoms with E-state index in [2.05, 4.69) is 4.98 Å². The number of rotatable bonds is 11. The largest absolute Gasteiger partial charge is 0.496 e. The van der Waals surface area contributed by atoms with Crippen LogP contribution in [0.3, 0.4) is 0 Å². The SMILES string of the molecule is CCOC(=O)CC1CC(N2[C@H](O)N(C[C@@H](OC3CCOCC3)c3ccccc3OC)c3sc(-c4ncco4)c(C)c3[C@@H]2O)C1. The molecular formula is C32H41N3O8S. The van der Waals surface area contributed by atoms with E-state index in [4.69, 9.17) is 23.4 Å². The van der Waals surface area contributed by atoms with Gasteiger partial charge in [-0.05, 0) is 57.1 Å². The van der Waals surface area contributed by atoms with Gasteiger partial charge in [0, 0.05) is 36.8 Å². The number of thiophene rings is 1. The number of ether oxygens (including phenoxy) is 4. The van der Waals surface area contributed by atoms with Crippen LogP contribution in [-0.4, -0.2) is 78.0 Å². The Morgan fingerprint density at radius 1 is 1.20 bits per heavy atom. The van der Waals surface area contributed by atoms with Crippen LogP contribution in [0.2, 0.25) is 0 Å². The molecule has 2 N–H and O–H groups in total. The Balaban J connectivity index is 1.35. The number of fused-ring (bicyclic) bond motifs is 1. The van der Waals surface area contributed by atoms with E-state index in [1.807, 2.05) is 36.1 Å². The number of carbonyl (C=O) groups is 1. The second kappa shape index (κ2) is 13.6. The number of para-hydroxylation sites is 1. The van der Waals surface area contributed by atoms with Gasteiger partial charge in [-0.2, -0.15) is 0 Å². The maximum atomic E-state index is 12.1. The van der Waals surface area contributed by atoms with Crippen molar-refractivity contribution in [1.82, 2.24) is 9.88 Å². The second-order valence-electron chi connectivity index (χ2n) is 11.6. The number of anilines is 1. The summed E-state index contributed by atoms with van der Waals surface area (Å²) in [5.74, 6) is 1.09. The molecule has 2 aliphatic heterocycles. The van der Waals surface area contributed by atoms with Gasteiger partial charge in [0.1, 0.15) is 29.3 Å². The molecule has 2 fully saturated rings. The average molecular weight is 628 g/mol. The Labute approximate surface area is 261 Å². The molecule has 11 nitrogen and oxygen atoms in total. The highest BCUT2D eigenvalue weighted by Gasteiger charge is 2.48. The molecule has 0 radical (unpaired) electrons. The molecular weight excluding hydrogens is 586 g/mol. The van der Waals surface area contributed by atoms with Gasteiger partial charge >= 0.3 is 5.97 Å². The first-order valence-corrected chi connectivity index (χ1v) is 16.2. The molecule has 1 saturated carbocycles. The van der Waals surface area contributed by atoms with Gasteiger partial charge in [-0.25, -0.2) is 9.88 Å². The minimum Gasteiger partial charge on any atom is -0.496 e. The fourth-order valence-electron chi connectivity index (χ4n) is 6.61. The molecule has 12 heteroatoms. The highest BCUT2D eigenvalue weighted by molar-refractivity contribution is 7.19. The predicted molar refractivity (Wildman–Crippen MR) is 163 cm³/mol. The predicted octanol–water partition coefficient (Wildman–Crippen LogP) is 4.78. The fourth-order valence-corrected chi connectivity index (χ4v) is 7.91. The number of oxazole rings is 1. The van der Waals surface area contributed by atoms with E-state index in [-0.39, 0.29) is 24.0 Å². The van der Waals surface area contributed by atoms with Crippen LogP contribution in [-0.2, 0) is 19.0 Å². The van der Waals surface area contributed by atoms with Crippen molar-refractivity contribution < 1.29 is 38.4 Å². The first-order valence-electron chi connectivity index (χ1n) is 15.3. The summed E-state index contributed by atoms with van der Waals surface area (Å²) >= 11 is 1.44. The average Bonchev–Trinajstić information content (AvgIpc) is 3.66. The van der Waals surface area contributed by atoms with Gasteiger partial charge in [0.25, 0.3) is 0 Å². The molecule has 1 saturated heterocycles. The van der Waals surface area contributed by atoms with Crippen LogP contribution in [0.25, 0.3) is 10.8 Å². The summed E-state index contributed by atoms with van der Waals surface area (Å²) < 4.78 is 28.9. The Kier molecular flexibility index (Phi) is 9.55. The van der Waals surface area contributed by atoms with Crippen molar-refractivity contribution in [3.8, 4) is 16.5 Å². The van der Waals surface area contributed by atoms with Crippen molar-refractivity contribution in [2.45, 2.75) is 76.8 Å². The minimum atomic E-state index is -1.14. The number of carbonyl (C=O) groups excluding carboxylic acids is 1. The lowest BCUT2D eigenvalue weighted by Gasteiger charge is -2.52. The highest BCUT2D eigenvalue weighted by atomic mass is 32.1. The number of benzene rings is 1. The summed E-state index contributed by atoms with van der Waals surface area (Å²) in [4.78, 5) is 21.0. The van der Waals surface area contributed by atoms with Crippen LogP contribution in [0, 0.1) is 12.8 Å². The molecule has 3 aromatic rings. The second-order valence-corrected chi connectivity index (χ2v) is 12.6. The maximum Gasteiger partial charge on any atom is 0.306 e. The minimum absolute atomic E-state index is 0.00928. The zero-order valence-corrected chi connectivity index (χ0v) is 26.2. The van der Waals surface area contributed by atoms with Crippen molar-refractivity contribution in [2.75, 3.05) is 38.4 Å². The lowest BCUT2D eigenvalue weighted by Crippen LogP contribution is -2.61. The van der Waals surface area contributed by atoms with E-state index >= 15 is 0 Å². The lowest BCUT2D eigenvalue weighted by molar-refractivity contribution is -0.165. The van der Waals surface area contributed by atoms with Crippen LogP contribution < -0.4 is 9.64 Å². The molecule has 238 valence electrons. The third kappa shape index (κ3) is 6.11. The molecule has 0 amide bonds. The molecule has 0 unspecified atom stereocenters. The number of esters is 1. The van der Waals surface area contributed by atoms with Crippen molar-refractivity contribution in [1.29, 1.82) is 0 Å². The first-order chi connectivity index (χ1) is 21.4.